The van der Waals surface area contributed by atoms with Gasteiger partial charge in [-0.3, -0.25) is 4.31 Å². The Balaban J connectivity index is 2.13. The summed E-state index contributed by atoms with van der Waals surface area (Å²) in [5, 5.41) is 0. The first kappa shape index (κ1) is 19.8. The van der Waals surface area contributed by atoms with E-state index in [4.69, 9.17) is 9.47 Å². The summed E-state index contributed by atoms with van der Waals surface area (Å²) in [4.78, 5) is 0.172. The van der Waals surface area contributed by atoms with Gasteiger partial charge in [-0.2, -0.15) is 0 Å². The van der Waals surface area contributed by atoms with Gasteiger partial charge >= 0.3 is 0 Å². The zero-order valence-corrected chi connectivity index (χ0v) is 16.9. The van der Waals surface area contributed by atoms with Crippen molar-refractivity contribution < 1.29 is 17.9 Å². The van der Waals surface area contributed by atoms with Gasteiger partial charge in [0.1, 0.15) is 11.5 Å². The second kappa shape index (κ2) is 8.35. The maximum atomic E-state index is 13.6. The predicted octanol–water partition coefficient (Wildman–Crippen LogP) is 4.66. The minimum Gasteiger partial charge on any atom is -0.497 e. The third-order valence-corrected chi connectivity index (χ3v) is 6.45. The first-order chi connectivity index (χ1) is 13.5. The molecule has 0 aromatic heterocycles. The van der Waals surface area contributed by atoms with Crippen LogP contribution in [0.1, 0.15) is 18.5 Å². The number of benzene rings is 3. The third-order valence-electron chi connectivity index (χ3n) is 4.56. The summed E-state index contributed by atoms with van der Waals surface area (Å²) < 4.78 is 39.1. The molecule has 0 heterocycles. The summed E-state index contributed by atoms with van der Waals surface area (Å²) in [6.07, 6.45) is 0. The highest BCUT2D eigenvalue weighted by molar-refractivity contribution is 7.92. The zero-order valence-electron chi connectivity index (χ0n) is 16.1. The molecule has 0 aliphatic heterocycles. The van der Waals surface area contributed by atoms with Crippen LogP contribution < -0.4 is 13.8 Å². The van der Waals surface area contributed by atoms with Crippen LogP contribution in [0.2, 0.25) is 0 Å². The number of ether oxygens (including phenoxy) is 2. The van der Waals surface area contributed by atoms with Crippen LogP contribution in [0.3, 0.4) is 0 Å². The number of methoxy groups -OCH3 is 2. The fraction of sp³-hybridized carbons (Fsp3) is 0.182. The SMILES string of the molecule is COc1ccc(N(C(C)c2ccccc2)S(=O)(=O)c2cccc(OC)c2)cc1. The number of hydrogen-bond donors (Lipinski definition) is 0. The summed E-state index contributed by atoms with van der Waals surface area (Å²) in [6, 6.07) is 22.6. The van der Waals surface area contributed by atoms with Gasteiger partial charge in [0, 0.05) is 6.07 Å². The minimum atomic E-state index is -3.84. The molecule has 0 radical (unpaired) electrons. The van der Waals surface area contributed by atoms with Gasteiger partial charge in [0.25, 0.3) is 10.0 Å². The van der Waals surface area contributed by atoms with Gasteiger partial charge < -0.3 is 9.47 Å². The van der Waals surface area contributed by atoms with Crippen molar-refractivity contribution in [1.82, 2.24) is 0 Å². The lowest BCUT2D eigenvalue weighted by atomic mass is 10.1. The van der Waals surface area contributed by atoms with Crippen LogP contribution in [0.25, 0.3) is 0 Å². The van der Waals surface area contributed by atoms with E-state index in [0.29, 0.717) is 17.2 Å². The molecule has 0 spiro atoms. The Labute approximate surface area is 166 Å². The molecule has 3 aromatic carbocycles. The summed E-state index contributed by atoms with van der Waals surface area (Å²) in [6.45, 7) is 1.87. The van der Waals surface area contributed by atoms with E-state index in [2.05, 4.69) is 0 Å². The van der Waals surface area contributed by atoms with Gasteiger partial charge in [-0.25, -0.2) is 8.42 Å². The topological polar surface area (TPSA) is 55.8 Å². The van der Waals surface area contributed by atoms with Crippen LogP contribution in [-0.2, 0) is 10.0 Å². The maximum absolute atomic E-state index is 13.6. The van der Waals surface area contributed by atoms with E-state index in [1.54, 1.807) is 49.6 Å². The van der Waals surface area contributed by atoms with Crippen molar-refractivity contribution in [1.29, 1.82) is 0 Å². The Morgan fingerprint density at radius 2 is 1.43 bits per heavy atom. The van der Waals surface area contributed by atoms with E-state index in [0.717, 1.165) is 5.56 Å². The van der Waals surface area contributed by atoms with Gasteiger partial charge in [-0.15, -0.1) is 0 Å². The molecule has 1 unspecified atom stereocenters. The maximum Gasteiger partial charge on any atom is 0.265 e. The van der Waals surface area contributed by atoms with E-state index in [9.17, 15) is 8.42 Å². The molecular weight excluding hydrogens is 374 g/mol. The standard InChI is InChI=1S/C22H23NO4S/c1-17(18-8-5-4-6-9-18)23(19-12-14-20(26-2)15-13-19)28(24,25)22-11-7-10-21(16-22)27-3/h4-17H,1-3H3. The monoisotopic (exact) mass is 397 g/mol. The smallest absolute Gasteiger partial charge is 0.265 e. The van der Waals surface area contributed by atoms with E-state index in [1.807, 2.05) is 37.3 Å². The van der Waals surface area contributed by atoms with E-state index >= 15 is 0 Å². The Bertz CT molecular complexity index is 1020. The molecule has 6 heteroatoms. The quantitative estimate of drug-likeness (QED) is 0.582. The van der Waals surface area contributed by atoms with Crippen molar-refractivity contribution in [3.8, 4) is 11.5 Å². The molecule has 0 N–H and O–H groups in total. The molecule has 1 atom stereocenters. The van der Waals surface area contributed by atoms with Gasteiger partial charge in [-0.05, 0) is 48.9 Å². The fourth-order valence-electron chi connectivity index (χ4n) is 3.04. The Morgan fingerprint density at radius 3 is 2.04 bits per heavy atom. The Kier molecular flexibility index (Phi) is 5.90. The van der Waals surface area contributed by atoms with Crippen molar-refractivity contribution >= 4 is 15.7 Å². The summed E-state index contributed by atoms with van der Waals surface area (Å²) in [5.74, 6) is 1.15. The first-order valence-corrected chi connectivity index (χ1v) is 10.3. The van der Waals surface area contributed by atoms with E-state index in [-0.39, 0.29) is 4.90 Å². The lowest BCUT2D eigenvalue weighted by Gasteiger charge is -2.31. The Hall–Kier alpha value is -2.99. The van der Waals surface area contributed by atoms with Crippen molar-refractivity contribution in [3.63, 3.8) is 0 Å². The molecule has 3 rings (SSSR count). The van der Waals surface area contributed by atoms with Crippen LogP contribution in [0.5, 0.6) is 11.5 Å². The van der Waals surface area contributed by atoms with Crippen molar-refractivity contribution in [2.45, 2.75) is 17.9 Å². The van der Waals surface area contributed by atoms with Crippen LogP contribution in [-0.4, -0.2) is 22.6 Å². The molecule has 0 saturated heterocycles. The second-order valence-electron chi connectivity index (χ2n) is 6.26. The largest absolute Gasteiger partial charge is 0.497 e. The lowest BCUT2D eigenvalue weighted by Crippen LogP contribution is -2.33. The molecule has 0 aliphatic carbocycles. The minimum absolute atomic E-state index is 0.172. The highest BCUT2D eigenvalue weighted by atomic mass is 32.2. The van der Waals surface area contributed by atoms with Gasteiger partial charge in [0.05, 0.1) is 30.8 Å². The number of rotatable bonds is 7. The predicted molar refractivity (Wildman–Crippen MR) is 111 cm³/mol. The molecule has 146 valence electrons. The normalized spacial score (nSPS) is 12.2. The number of sulfonamides is 1. The molecule has 0 aliphatic rings. The van der Waals surface area contributed by atoms with Gasteiger partial charge in [-0.1, -0.05) is 36.4 Å². The fourth-order valence-corrected chi connectivity index (χ4v) is 4.72. The van der Waals surface area contributed by atoms with Crippen molar-refractivity contribution in [2.75, 3.05) is 18.5 Å². The third kappa shape index (κ3) is 3.97. The average molecular weight is 397 g/mol. The number of anilines is 1. The highest BCUT2D eigenvalue weighted by Crippen LogP contribution is 2.34. The highest BCUT2D eigenvalue weighted by Gasteiger charge is 2.30. The summed E-state index contributed by atoms with van der Waals surface area (Å²) in [5.41, 5.74) is 1.45. The van der Waals surface area contributed by atoms with E-state index in [1.165, 1.54) is 17.5 Å². The second-order valence-corrected chi connectivity index (χ2v) is 8.08. The molecule has 0 saturated carbocycles. The van der Waals surface area contributed by atoms with Crippen LogP contribution in [0, 0.1) is 0 Å². The van der Waals surface area contributed by atoms with Gasteiger partial charge in [0.2, 0.25) is 0 Å². The number of nitrogens with zero attached hydrogens (tertiary/aromatic N) is 1. The van der Waals surface area contributed by atoms with E-state index < -0.39 is 16.1 Å². The molecule has 0 bridgehead atoms. The van der Waals surface area contributed by atoms with Crippen LogP contribution in [0.15, 0.2) is 83.8 Å². The Morgan fingerprint density at radius 1 is 0.786 bits per heavy atom. The average Bonchev–Trinajstić information content (AvgIpc) is 2.75. The van der Waals surface area contributed by atoms with Crippen LogP contribution >= 0.6 is 0 Å². The first-order valence-electron chi connectivity index (χ1n) is 8.85. The molecule has 0 fully saturated rings. The van der Waals surface area contributed by atoms with Crippen molar-refractivity contribution in [2.24, 2.45) is 0 Å². The summed E-state index contributed by atoms with van der Waals surface area (Å²) >= 11 is 0. The molecular formula is C22H23NO4S. The molecule has 28 heavy (non-hydrogen) atoms. The van der Waals surface area contributed by atoms with Gasteiger partial charge in [0.15, 0.2) is 0 Å². The summed E-state index contributed by atoms with van der Waals surface area (Å²) in [7, 11) is -0.752. The molecule has 5 nitrogen and oxygen atoms in total. The molecule has 0 amide bonds. The van der Waals surface area contributed by atoms with Crippen molar-refractivity contribution in [3.05, 3.63) is 84.4 Å². The van der Waals surface area contributed by atoms with Crippen LogP contribution in [0.4, 0.5) is 5.69 Å². The zero-order chi connectivity index (χ0) is 20.1. The number of hydrogen-bond acceptors (Lipinski definition) is 4. The lowest BCUT2D eigenvalue weighted by molar-refractivity contribution is 0.413. The molecule has 3 aromatic rings.